The Balaban J connectivity index is 1.43. The smallest absolute Gasteiger partial charge is 0.320 e. The highest BCUT2D eigenvalue weighted by Gasteiger charge is 2.40. The van der Waals surface area contributed by atoms with E-state index < -0.39 is 0 Å². The summed E-state index contributed by atoms with van der Waals surface area (Å²) in [6, 6.07) is 15.8. The molecule has 3 heterocycles. The number of urea groups is 1. The monoisotopic (exact) mass is 531 g/mol. The molecular weight excluding hydrogens is 497 g/mol. The van der Waals surface area contributed by atoms with Gasteiger partial charge < -0.3 is 10.1 Å². The van der Waals surface area contributed by atoms with Crippen molar-refractivity contribution in [3.8, 4) is 16.9 Å². The number of para-hydroxylation sites is 1. The molecule has 204 valence electrons. The first kappa shape index (κ1) is 26.6. The molecule has 2 amide bonds. The van der Waals surface area contributed by atoms with Crippen LogP contribution in [-0.2, 0) is 11.8 Å². The van der Waals surface area contributed by atoms with Gasteiger partial charge in [0.25, 0.3) is 0 Å². The van der Waals surface area contributed by atoms with Crippen molar-refractivity contribution in [2.75, 3.05) is 26.1 Å². The number of rotatable bonds is 8. The normalized spacial score (nSPS) is 19.4. The van der Waals surface area contributed by atoms with Crippen LogP contribution in [0.15, 0.2) is 67.0 Å². The molecule has 4 aromatic rings. The van der Waals surface area contributed by atoms with Crippen LogP contribution in [-0.4, -0.2) is 63.3 Å². The first-order chi connectivity index (χ1) is 18.9. The zero-order valence-electron chi connectivity index (χ0n) is 22.6. The number of carbonyl (C=O) groups is 1. The number of methoxy groups -OCH3 is 1. The number of aromatic nitrogens is 4. The summed E-state index contributed by atoms with van der Waals surface area (Å²) in [6.07, 6.45) is 5.23. The molecule has 5 rings (SSSR count). The van der Waals surface area contributed by atoms with E-state index in [0.29, 0.717) is 12.4 Å². The van der Waals surface area contributed by atoms with E-state index in [4.69, 9.17) is 9.84 Å². The maximum Gasteiger partial charge on any atom is 0.320 e. The number of carbonyl (C=O) groups excluding carboxylic acids is 1. The molecule has 10 heteroatoms. The lowest BCUT2D eigenvalue weighted by Gasteiger charge is -2.28. The van der Waals surface area contributed by atoms with Crippen molar-refractivity contribution in [2.45, 2.75) is 37.9 Å². The molecule has 1 saturated heterocycles. The number of nitrogens with zero attached hydrogens (tertiary/aromatic N) is 5. The summed E-state index contributed by atoms with van der Waals surface area (Å²) in [5.41, 5.74) is 4.22. The number of hydrogen-bond acceptors (Lipinski definition) is 5. The van der Waals surface area contributed by atoms with E-state index >= 15 is 0 Å². The number of aryl methyl sites for hydroxylation is 1. The highest BCUT2D eigenvalue weighted by Crippen LogP contribution is 2.37. The predicted octanol–water partition coefficient (Wildman–Crippen LogP) is 4.69. The minimum atomic E-state index is -0.328. The fourth-order valence-corrected chi connectivity index (χ4v) is 5.47. The number of benzene rings is 2. The Morgan fingerprint density at radius 1 is 1.13 bits per heavy atom. The molecule has 0 aliphatic carbocycles. The Morgan fingerprint density at radius 3 is 2.54 bits per heavy atom. The first-order valence-corrected chi connectivity index (χ1v) is 13.0. The number of amides is 2. The molecular formula is C29H34FN7O2. The summed E-state index contributed by atoms with van der Waals surface area (Å²) in [6.45, 7) is 2.56. The van der Waals surface area contributed by atoms with Crippen molar-refractivity contribution >= 4 is 11.8 Å². The van der Waals surface area contributed by atoms with Gasteiger partial charge in [0.2, 0.25) is 0 Å². The lowest BCUT2D eigenvalue weighted by atomic mass is 9.99. The van der Waals surface area contributed by atoms with Crippen LogP contribution < -0.4 is 10.6 Å². The van der Waals surface area contributed by atoms with Crippen LogP contribution in [0.4, 0.5) is 15.0 Å². The summed E-state index contributed by atoms with van der Waals surface area (Å²) < 4.78 is 22.5. The number of likely N-dealkylation sites (tertiary alicyclic amines) is 1. The van der Waals surface area contributed by atoms with Crippen molar-refractivity contribution in [3.63, 3.8) is 0 Å². The van der Waals surface area contributed by atoms with Gasteiger partial charge in [-0.2, -0.15) is 10.2 Å². The van der Waals surface area contributed by atoms with Crippen LogP contribution in [0.2, 0.25) is 0 Å². The lowest BCUT2D eigenvalue weighted by molar-refractivity contribution is 0.150. The quantitative estimate of drug-likeness (QED) is 0.344. The fraction of sp³-hybridized carbons (Fsp3) is 0.345. The van der Waals surface area contributed by atoms with Crippen molar-refractivity contribution in [1.82, 2.24) is 29.8 Å². The summed E-state index contributed by atoms with van der Waals surface area (Å²) >= 11 is 0. The van der Waals surface area contributed by atoms with Gasteiger partial charge in [-0.3, -0.25) is 14.9 Å². The van der Waals surface area contributed by atoms with Crippen molar-refractivity contribution in [2.24, 2.45) is 7.05 Å². The average Bonchev–Trinajstić information content (AvgIpc) is 3.59. The van der Waals surface area contributed by atoms with Crippen LogP contribution >= 0.6 is 0 Å². The van der Waals surface area contributed by atoms with E-state index in [1.54, 1.807) is 34.8 Å². The van der Waals surface area contributed by atoms with Crippen LogP contribution in [0, 0.1) is 12.7 Å². The van der Waals surface area contributed by atoms with Crippen LogP contribution in [0.5, 0.6) is 0 Å². The third-order valence-corrected chi connectivity index (χ3v) is 7.44. The second kappa shape index (κ2) is 11.4. The Labute approximate surface area is 227 Å². The maximum atomic E-state index is 13.7. The number of ether oxygens (including phenoxy) is 1. The standard InChI is InChI=1S/C29H34FN7O2/c1-19-26(21-17-31-35(2)18-21)34-37(23-8-6-5-7-9-23)28(19)33-29(38)32-25-16-24(14-15-39-4)36(3)27(25)20-10-12-22(30)13-11-20/h5-13,17-18,24-25,27H,14-16H2,1-4H3,(H2,32,33,38)/t24-,25-,27+/m1/s1. The Hall–Kier alpha value is -4.02. The van der Waals surface area contributed by atoms with Gasteiger partial charge in [-0.1, -0.05) is 30.3 Å². The minimum absolute atomic E-state index is 0.107. The summed E-state index contributed by atoms with van der Waals surface area (Å²) in [5.74, 6) is 0.296. The maximum absolute atomic E-state index is 13.7. The molecule has 1 fully saturated rings. The molecule has 3 atom stereocenters. The molecule has 9 nitrogen and oxygen atoms in total. The average molecular weight is 532 g/mol. The summed E-state index contributed by atoms with van der Waals surface area (Å²) in [7, 11) is 5.59. The van der Waals surface area contributed by atoms with Gasteiger partial charge in [-0.15, -0.1) is 0 Å². The second-order valence-electron chi connectivity index (χ2n) is 10.0. The lowest BCUT2D eigenvalue weighted by Crippen LogP contribution is -2.41. The van der Waals surface area contributed by atoms with E-state index in [-0.39, 0.29) is 30.0 Å². The number of anilines is 1. The molecule has 0 radical (unpaired) electrons. The first-order valence-electron chi connectivity index (χ1n) is 13.0. The Morgan fingerprint density at radius 2 is 1.87 bits per heavy atom. The number of hydrogen-bond donors (Lipinski definition) is 2. The SMILES string of the molecule is COCC[C@@H]1C[C@@H](NC(=O)Nc2c(C)c(-c3cnn(C)c3)nn2-c2ccccc2)[C@H](c2ccc(F)cc2)N1C. The zero-order chi connectivity index (χ0) is 27.5. The highest BCUT2D eigenvalue weighted by atomic mass is 19.1. The largest absolute Gasteiger partial charge is 0.385 e. The van der Waals surface area contributed by atoms with Crippen molar-refractivity contribution < 1.29 is 13.9 Å². The van der Waals surface area contributed by atoms with Gasteiger partial charge in [-0.25, -0.2) is 13.9 Å². The molecule has 1 aliphatic heterocycles. The van der Waals surface area contributed by atoms with Gasteiger partial charge >= 0.3 is 6.03 Å². The topological polar surface area (TPSA) is 89.2 Å². The number of halogens is 1. The van der Waals surface area contributed by atoms with Crippen molar-refractivity contribution in [3.05, 3.63) is 83.9 Å². The molecule has 2 N–H and O–H groups in total. The molecule has 0 spiro atoms. The van der Waals surface area contributed by atoms with E-state index in [0.717, 1.165) is 40.9 Å². The van der Waals surface area contributed by atoms with E-state index in [2.05, 4.69) is 20.6 Å². The van der Waals surface area contributed by atoms with E-state index in [1.807, 2.05) is 57.5 Å². The van der Waals surface area contributed by atoms with Crippen LogP contribution in [0.25, 0.3) is 16.9 Å². The molecule has 0 unspecified atom stereocenters. The van der Waals surface area contributed by atoms with Gasteiger partial charge in [0.05, 0.1) is 24.0 Å². The second-order valence-corrected chi connectivity index (χ2v) is 10.0. The van der Waals surface area contributed by atoms with E-state index in [1.165, 1.54) is 12.1 Å². The van der Waals surface area contributed by atoms with Crippen LogP contribution in [0.1, 0.15) is 30.0 Å². The molecule has 2 aromatic heterocycles. The Bertz CT molecular complexity index is 1420. The molecule has 1 aliphatic rings. The zero-order valence-corrected chi connectivity index (χ0v) is 22.6. The van der Waals surface area contributed by atoms with Crippen molar-refractivity contribution in [1.29, 1.82) is 0 Å². The van der Waals surface area contributed by atoms with Gasteiger partial charge in [0.1, 0.15) is 17.3 Å². The molecule has 39 heavy (non-hydrogen) atoms. The third-order valence-electron chi connectivity index (χ3n) is 7.44. The fourth-order valence-electron chi connectivity index (χ4n) is 5.47. The third kappa shape index (κ3) is 5.57. The van der Waals surface area contributed by atoms with Gasteiger partial charge in [0.15, 0.2) is 0 Å². The minimum Gasteiger partial charge on any atom is -0.385 e. The Kier molecular flexibility index (Phi) is 7.76. The molecule has 2 aromatic carbocycles. The van der Waals surface area contributed by atoms with Crippen LogP contribution in [0.3, 0.4) is 0 Å². The summed E-state index contributed by atoms with van der Waals surface area (Å²) in [5, 5.41) is 15.4. The van der Waals surface area contributed by atoms with E-state index in [9.17, 15) is 9.18 Å². The number of likely N-dealkylation sites (N-methyl/N-ethyl adjacent to an activating group) is 1. The highest BCUT2D eigenvalue weighted by molar-refractivity contribution is 5.91. The molecule has 0 saturated carbocycles. The molecule has 0 bridgehead atoms. The number of nitrogens with one attached hydrogen (secondary N) is 2. The predicted molar refractivity (Wildman–Crippen MR) is 148 cm³/mol. The van der Waals surface area contributed by atoms with Gasteiger partial charge in [-0.05, 0) is 56.6 Å². The summed E-state index contributed by atoms with van der Waals surface area (Å²) in [4.78, 5) is 15.8. The van der Waals surface area contributed by atoms with Gasteiger partial charge in [0, 0.05) is 44.1 Å².